The number of carbonyl (C=O) groups excluding carboxylic acids is 3. The summed E-state index contributed by atoms with van der Waals surface area (Å²) in [6.07, 6.45) is 2.28. The van der Waals surface area contributed by atoms with Crippen molar-refractivity contribution in [2.24, 2.45) is 0 Å². The number of hydrogen-bond donors (Lipinski definition) is 0. The Labute approximate surface area is 204 Å². The molecule has 2 aromatic rings. The molecule has 3 atom stereocenters. The van der Waals surface area contributed by atoms with Crippen LogP contribution in [0.4, 0.5) is 5.69 Å². The normalized spacial score (nSPS) is 23.9. The van der Waals surface area contributed by atoms with Crippen molar-refractivity contribution in [3.8, 4) is 0 Å². The van der Waals surface area contributed by atoms with Crippen molar-refractivity contribution in [3.05, 3.63) is 64.5 Å². The van der Waals surface area contributed by atoms with Gasteiger partial charge in [-0.3, -0.25) is 14.9 Å². The third kappa shape index (κ3) is 4.10. The number of fused-ring (bicyclic) bond motifs is 1. The van der Waals surface area contributed by atoms with Gasteiger partial charge in [-0.2, -0.15) is 0 Å². The molecule has 36 heavy (non-hydrogen) atoms. The van der Waals surface area contributed by atoms with Crippen LogP contribution in [0.1, 0.15) is 29.4 Å². The summed E-state index contributed by atoms with van der Waals surface area (Å²) in [6.45, 7) is 4.00. The Hall–Kier alpha value is -4.14. The minimum Gasteiger partial charge on any atom is -0.459 e. The van der Waals surface area contributed by atoms with Crippen molar-refractivity contribution in [3.63, 3.8) is 0 Å². The summed E-state index contributed by atoms with van der Waals surface area (Å²) >= 11 is 0. The van der Waals surface area contributed by atoms with Crippen molar-refractivity contribution < 1.29 is 37.2 Å². The van der Waals surface area contributed by atoms with Gasteiger partial charge in [0.25, 0.3) is 5.69 Å². The topological polar surface area (TPSA) is 181 Å². The Morgan fingerprint density at radius 3 is 2.61 bits per heavy atom. The highest BCUT2D eigenvalue weighted by Crippen LogP contribution is 2.47. The molecule has 2 aliphatic rings. The summed E-state index contributed by atoms with van der Waals surface area (Å²) in [7, 11) is -4.07. The number of nitrogens with zero attached hydrogens (tertiary/aromatic N) is 5. The van der Waals surface area contributed by atoms with E-state index in [0.29, 0.717) is 5.56 Å². The van der Waals surface area contributed by atoms with Gasteiger partial charge in [0.1, 0.15) is 23.3 Å². The number of aromatic nitrogens is 3. The van der Waals surface area contributed by atoms with E-state index in [1.54, 1.807) is 0 Å². The first kappa shape index (κ1) is 25.0. The highest BCUT2D eigenvalue weighted by molar-refractivity contribution is 7.93. The van der Waals surface area contributed by atoms with Crippen molar-refractivity contribution in [2.75, 3.05) is 6.61 Å². The number of non-ortho nitro benzene ring substituents is 1. The van der Waals surface area contributed by atoms with Crippen molar-refractivity contribution in [1.29, 1.82) is 0 Å². The molecule has 0 spiro atoms. The summed E-state index contributed by atoms with van der Waals surface area (Å²) in [6, 6.07) is 3.80. The number of carbonyl (C=O) groups is 3. The van der Waals surface area contributed by atoms with Crippen molar-refractivity contribution >= 4 is 33.4 Å². The van der Waals surface area contributed by atoms with Crippen molar-refractivity contribution in [2.45, 2.75) is 42.7 Å². The fourth-order valence-corrected chi connectivity index (χ4v) is 6.57. The SMILES string of the molecule is C=CCOC(=O)c1cn(C[C@@]2(C)[C@H](C(=O)OCc3ccc([N+](=O)[O-])cc3)N3C(=O)C[C@@H]3S2(=O)=O)nn1. The quantitative estimate of drug-likeness (QED) is 0.147. The van der Waals surface area contributed by atoms with Crippen LogP contribution in [0.3, 0.4) is 0 Å². The second-order valence-electron chi connectivity index (χ2n) is 8.44. The van der Waals surface area contributed by atoms with Crippen LogP contribution in [-0.4, -0.2) is 73.9 Å². The number of nitro groups is 1. The molecule has 15 heteroatoms. The number of benzene rings is 1. The summed E-state index contributed by atoms with van der Waals surface area (Å²) in [4.78, 5) is 48.7. The minimum atomic E-state index is -4.07. The van der Waals surface area contributed by atoms with Crippen LogP contribution in [0.2, 0.25) is 0 Å². The van der Waals surface area contributed by atoms with Gasteiger partial charge in [0.05, 0.1) is 24.1 Å². The van der Waals surface area contributed by atoms with Gasteiger partial charge >= 0.3 is 11.9 Å². The second kappa shape index (κ2) is 9.14. The van der Waals surface area contributed by atoms with Crippen LogP contribution in [0.5, 0.6) is 0 Å². The predicted molar refractivity (Wildman–Crippen MR) is 120 cm³/mol. The first-order valence-corrected chi connectivity index (χ1v) is 12.2. The van der Waals surface area contributed by atoms with Crippen LogP contribution in [0.25, 0.3) is 0 Å². The summed E-state index contributed by atoms with van der Waals surface area (Å²) in [5.41, 5.74) is 0.114. The zero-order valence-electron chi connectivity index (χ0n) is 19.0. The zero-order valence-corrected chi connectivity index (χ0v) is 19.8. The Balaban J connectivity index is 1.57. The highest BCUT2D eigenvalue weighted by atomic mass is 32.2. The lowest BCUT2D eigenvalue weighted by Crippen LogP contribution is -2.58. The number of amides is 1. The number of β-lactam (4-membered cyclic amide) rings is 1. The first-order valence-electron chi connectivity index (χ1n) is 10.6. The molecule has 0 unspecified atom stereocenters. The molecule has 0 N–H and O–H groups in total. The molecule has 0 saturated carbocycles. The average Bonchev–Trinajstić information content (AvgIpc) is 3.35. The lowest BCUT2D eigenvalue weighted by Gasteiger charge is -2.36. The van der Waals surface area contributed by atoms with E-state index >= 15 is 0 Å². The number of rotatable bonds is 9. The predicted octanol–water partition coefficient (Wildman–Crippen LogP) is 0.387. The van der Waals surface area contributed by atoms with Crippen molar-refractivity contribution in [1.82, 2.24) is 19.9 Å². The van der Waals surface area contributed by atoms with E-state index in [-0.39, 0.29) is 31.0 Å². The molecule has 0 bridgehead atoms. The van der Waals surface area contributed by atoms with Gasteiger partial charge in [-0.05, 0) is 24.6 Å². The fraction of sp³-hybridized carbons (Fsp3) is 0.381. The molecule has 2 saturated heterocycles. The summed E-state index contributed by atoms with van der Waals surface area (Å²) in [5, 5.41) is 17.1. The molecule has 2 fully saturated rings. The molecular weight excluding hydrogens is 498 g/mol. The lowest BCUT2D eigenvalue weighted by atomic mass is 9.96. The monoisotopic (exact) mass is 519 g/mol. The number of ether oxygens (including phenoxy) is 2. The van der Waals surface area contributed by atoms with Crippen LogP contribution < -0.4 is 0 Å². The first-order chi connectivity index (χ1) is 17.0. The molecule has 1 amide bonds. The number of esters is 2. The molecule has 4 rings (SSSR count). The number of sulfone groups is 1. The van der Waals surface area contributed by atoms with Gasteiger partial charge in [0.2, 0.25) is 5.91 Å². The van der Waals surface area contributed by atoms with Gasteiger partial charge in [0, 0.05) is 12.1 Å². The van der Waals surface area contributed by atoms with E-state index in [1.807, 2.05) is 0 Å². The van der Waals surface area contributed by atoms with Gasteiger partial charge in [-0.25, -0.2) is 22.7 Å². The highest BCUT2D eigenvalue weighted by Gasteiger charge is 2.70. The van der Waals surface area contributed by atoms with E-state index < -0.39 is 55.3 Å². The maximum Gasteiger partial charge on any atom is 0.360 e. The maximum atomic E-state index is 13.4. The number of hydrogen-bond acceptors (Lipinski definition) is 11. The van der Waals surface area contributed by atoms with E-state index in [4.69, 9.17) is 9.47 Å². The Morgan fingerprint density at radius 1 is 1.31 bits per heavy atom. The molecular formula is C21H21N5O9S. The molecule has 0 aliphatic carbocycles. The zero-order chi connectivity index (χ0) is 26.3. The van der Waals surface area contributed by atoms with Gasteiger partial charge in [0.15, 0.2) is 21.6 Å². The Morgan fingerprint density at radius 2 is 2.00 bits per heavy atom. The Bertz CT molecular complexity index is 1350. The molecule has 1 aromatic carbocycles. The molecule has 2 aliphatic heterocycles. The third-order valence-corrected chi connectivity index (χ3v) is 8.88. The average molecular weight is 519 g/mol. The molecule has 0 radical (unpaired) electrons. The summed E-state index contributed by atoms with van der Waals surface area (Å²) < 4.78 is 36.2. The lowest BCUT2D eigenvalue weighted by molar-refractivity contribution is -0.384. The second-order valence-corrected chi connectivity index (χ2v) is 11.0. The smallest absolute Gasteiger partial charge is 0.360 e. The molecule has 190 valence electrons. The Kier molecular flexibility index (Phi) is 6.34. The van der Waals surface area contributed by atoms with E-state index in [9.17, 15) is 32.9 Å². The van der Waals surface area contributed by atoms with Crippen LogP contribution in [-0.2, 0) is 42.1 Å². The van der Waals surface area contributed by atoms with E-state index in [0.717, 1.165) is 9.58 Å². The molecule has 3 heterocycles. The van der Waals surface area contributed by atoms with E-state index in [2.05, 4.69) is 16.9 Å². The number of nitro benzene ring substituents is 1. The molecule has 14 nitrogen and oxygen atoms in total. The maximum absolute atomic E-state index is 13.4. The fourth-order valence-electron chi connectivity index (χ4n) is 4.22. The largest absolute Gasteiger partial charge is 0.459 e. The van der Waals surface area contributed by atoms with Crippen LogP contribution in [0, 0.1) is 10.1 Å². The van der Waals surface area contributed by atoms with Crippen LogP contribution >= 0.6 is 0 Å². The standard InChI is InChI=1S/C21H21N5O9S/c1-3-8-34-19(28)15-10-24(23-22-15)12-21(2)18(25-16(27)9-17(25)36(21,32)33)20(29)35-11-13-4-6-14(7-5-13)26(30)31/h3-7,10,17-18H,1,8-9,11-12H2,2H3/t17-,18-,21-/m0/s1. The van der Waals surface area contributed by atoms with Crippen LogP contribution in [0.15, 0.2) is 43.1 Å². The van der Waals surface area contributed by atoms with Gasteiger partial charge in [-0.15, -0.1) is 5.10 Å². The third-order valence-electron chi connectivity index (χ3n) is 6.12. The van der Waals surface area contributed by atoms with Gasteiger partial charge < -0.3 is 14.4 Å². The van der Waals surface area contributed by atoms with Gasteiger partial charge in [-0.1, -0.05) is 17.9 Å². The summed E-state index contributed by atoms with van der Waals surface area (Å²) in [5.74, 6) is -2.27. The minimum absolute atomic E-state index is 0.0563. The molecule has 1 aromatic heterocycles. The van der Waals surface area contributed by atoms with E-state index in [1.165, 1.54) is 43.5 Å².